The van der Waals surface area contributed by atoms with Crippen molar-refractivity contribution in [2.24, 2.45) is 5.73 Å². The number of nitrogens with two attached hydrogens (primary N) is 1. The highest BCUT2D eigenvalue weighted by atomic mass is 32.2. The van der Waals surface area contributed by atoms with E-state index in [1.165, 1.54) is 34.2 Å². The van der Waals surface area contributed by atoms with Crippen LogP contribution in [0.15, 0.2) is 34.4 Å². The van der Waals surface area contributed by atoms with Gasteiger partial charge in [0.25, 0.3) is 0 Å². The topological polar surface area (TPSA) is 64.3 Å². The summed E-state index contributed by atoms with van der Waals surface area (Å²) in [4.78, 5) is 12.7. The molecule has 1 amide bonds. The van der Waals surface area contributed by atoms with Crippen molar-refractivity contribution >= 4 is 22.6 Å². The maximum absolute atomic E-state index is 11.4. The second-order valence-electron chi connectivity index (χ2n) is 5.75. The third-order valence-corrected chi connectivity index (χ3v) is 5.38. The van der Waals surface area contributed by atoms with Crippen LogP contribution in [0.1, 0.15) is 72.4 Å². The number of carbonyl (C=O) groups is 1. The summed E-state index contributed by atoms with van der Waals surface area (Å²) in [5.74, 6) is 0.910. The number of fused-ring (bicyclic) bond motifs is 2. The summed E-state index contributed by atoms with van der Waals surface area (Å²) < 4.78 is 5.65. The van der Waals surface area contributed by atoms with Gasteiger partial charge in [0.05, 0.1) is 11.6 Å². The lowest BCUT2D eigenvalue weighted by Crippen LogP contribution is -2.21. The van der Waals surface area contributed by atoms with Gasteiger partial charge in [-0.15, -0.1) is 0 Å². The van der Waals surface area contributed by atoms with Gasteiger partial charge in [-0.2, -0.15) is 0 Å². The van der Waals surface area contributed by atoms with E-state index in [0.29, 0.717) is 6.61 Å². The smallest absolute Gasteiger partial charge is 0.221 e. The predicted octanol–water partition coefficient (Wildman–Crippen LogP) is 5.87. The van der Waals surface area contributed by atoms with Crippen molar-refractivity contribution in [3.05, 3.63) is 45.5 Å². The van der Waals surface area contributed by atoms with Crippen molar-refractivity contribution in [1.29, 1.82) is 0 Å². The highest BCUT2D eigenvalue weighted by Crippen LogP contribution is 2.48. The first-order valence-electron chi connectivity index (χ1n) is 10.3. The molecule has 0 atom stereocenters. The third kappa shape index (κ3) is 7.02. The van der Waals surface area contributed by atoms with E-state index in [4.69, 9.17) is 4.74 Å². The van der Waals surface area contributed by atoms with Crippen LogP contribution in [-0.4, -0.2) is 19.6 Å². The van der Waals surface area contributed by atoms with E-state index in [2.05, 4.69) is 36.2 Å². The van der Waals surface area contributed by atoms with Gasteiger partial charge < -0.3 is 15.8 Å². The number of rotatable bonds is 3. The van der Waals surface area contributed by atoms with Crippen molar-refractivity contribution in [1.82, 2.24) is 5.32 Å². The van der Waals surface area contributed by atoms with Crippen LogP contribution >= 0.6 is 11.8 Å². The number of hydrogen-bond acceptors (Lipinski definition) is 4. The minimum absolute atomic E-state index is 0.00926. The lowest BCUT2D eigenvalue weighted by molar-refractivity contribution is -0.118. The summed E-state index contributed by atoms with van der Waals surface area (Å²) in [5.41, 5.74) is 9.88. The third-order valence-electron chi connectivity index (χ3n) is 4.01. The summed E-state index contributed by atoms with van der Waals surface area (Å²) in [7, 11) is 1.50. The quantitative estimate of drug-likeness (QED) is 0.658. The Morgan fingerprint density at radius 3 is 2.39 bits per heavy atom. The molecule has 3 N–H and O–H groups in total. The molecule has 1 aliphatic carbocycles. The fraction of sp³-hybridized carbons (Fsp3) is 0.522. The first kappa shape index (κ1) is 26.3. The van der Waals surface area contributed by atoms with Gasteiger partial charge in [0.1, 0.15) is 5.75 Å². The summed E-state index contributed by atoms with van der Waals surface area (Å²) in [5, 5.41) is 3.96. The summed E-state index contributed by atoms with van der Waals surface area (Å²) >= 11 is 1.69. The van der Waals surface area contributed by atoms with Crippen LogP contribution in [0.4, 0.5) is 0 Å². The monoisotopic (exact) mass is 406 g/mol. The molecule has 1 aromatic rings. The van der Waals surface area contributed by atoms with Gasteiger partial charge in [-0.05, 0) is 69.0 Å². The van der Waals surface area contributed by atoms with Gasteiger partial charge in [-0.1, -0.05) is 51.1 Å². The molecule has 0 fully saturated rings. The van der Waals surface area contributed by atoms with Crippen molar-refractivity contribution in [3.8, 4) is 5.75 Å². The van der Waals surface area contributed by atoms with Crippen LogP contribution in [0.2, 0.25) is 0 Å². The Balaban J connectivity index is 0.00000111. The van der Waals surface area contributed by atoms with E-state index in [1.54, 1.807) is 18.7 Å². The number of amides is 1. The van der Waals surface area contributed by atoms with Crippen LogP contribution in [0.3, 0.4) is 0 Å². The Morgan fingerprint density at radius 1 is 1.18 bits per heavy atom. The second kappa shape index (κ2) is 14.3. The van der Waals surface area contributed by atoms with E-state index in [1.807, 2.05) is 34.6 Å². The van der Waals surface area contributed by atoms with Crippen molar-refractivity contribution < 1.29 is 9.53 Å². The highest BCUT2D eigenvalue weighted by molar-refractivity contribution is 8.11. The van der Waals surface area contributed by atoms with E-state index >= 15 is 0 Å². The van der Waals surface area contributed by atoms with Crippen molar-refractivity contribution in [3.63, 3.8) is 0 Å². The Bertz CT molecular complexity index is 694. The normalized spacial score (nSPS) is 14.0. The first-order valence-corrected chi connectivity index (χ1v) is 11.1. The molecule has 0 saturated carbocycles. The molecular formula is C23H38N2O2S. The number of nitrogens with one attached hydrogen (secondary N) is 1. The molecule has 4 nitrogen and oxygen atoms in total. The van der Waals surface area contributed by atoms with Crippen LogP contribution in [-0.2, 0) is 11.2 Å². The summed E-state index contributed by atoms with van der Waals surface area (Å²) in [6, 6.07) is 6.37. The summed E-state index contributed by atoms with van der Waals surface area (Å²) in [6.45, 7) is 14.3. The molecule has 0 aromatic heterocycles. The predicted molar refractivity (Wildman–Crippen MR) is 124 cm³/mol. The van der Waals surface area contributed by atoms with Gasteiger partial charge in [-0.3, -0.25) is 4.79 Å². The Labute approximate surface area is 176 Å². The molecule has 0 unspecified atom stereocenters. The van der Waals surface area contributed by atoms with Crippen LogP contribution in [0.5, 0.6) is 5.75 Å². The van der Waals surface area contributed by atoms with Crippen LogP contribution in [0.25, 0.3) is 4.91 Å². The van der Waals surface area contributed by atoms with Gasteiger partial charge in [0.2, 0.25) is 5.91 Å². The largest absolute Gasteiger partial charge is 0.494 e. The number of ether oxygens (including phenoxy) is 1. The Kier molecular flexibility index (Phi) is 13.4. The zero-order chi connectivity index (χ0) is 21.7. The first-order chi connectivity index (χ1) is 13.6. The average molecular weight is 407 g/mol. The SMILES string of the molecule is CC.CC.CCOc1ccc2c(c1)C1=C(CC2)CC(C)=C(NC(C)=O)S1.CN. The lowest BCUT2D eigenvalue weighted by atomic mass is 9.88. The molecule has 0 spiro atoms. The van der Waals surface area contributed by atoms with Crippen molar-refractivity contribution in [2.75, 3.05) is 13.7 Å². The van der Waals surface area contributed by atoms with Gasteiger partial charge in [0.15, 0.2) is 0 Å². The van der Waals surface area contributed by atoms with E-state index in [9.17, 15) is 4.79 Å². The molecule has 1 aromatic carbocycles. The molecule has 2 aliphatic rings. The Hall–Kier alpha value is -1.72. The zero-order valence-electron chi connectivity index (χ0n) is 18.9. The van der Waals surface area contributed by atoms with Gasteiger partial charge in [-0.25, -0.2) is 0 Å². The number of hydrogen-bond donors (Lipinski definition) is 2. The molecule has 0 radical (unpaired) electrons. The summed E-state index contributed by atoms with van der Waals surface area (Å²) in [6.07, 6.45) is 3.15. The number of carbonyl (C=O) groups excluding carboxylic acids is 1. The molecule has 5 heteroatoms. The molecule has 1 heterocycles. The molecule has 28 heavy (non-hydrogen) atoms. The maximum atomic E-state index is 11.4. The van der Waals surface area contributed by atoms with E-state index in [0.717, 1.165) is 30.0 Å². The minimum atomic E-state index is -0.00926. The standard InChI is InChI=1S/C18H21NO2S.2C2H6.CH5N/c1-4-21-15-8-7-13-5-6-14-9-11(2)18(19-12(3)20)22-17(14)16(13)10-15;3*1-2/h7-8,10H,4-6,9H2,1-3H3,(H,19,20);2*1-2H3;2H2,1H3. The molecule has 3 rings (SSSR count). The zero-order valence-corrected chi connectivity index (χ0v) is 19.7. The van der Waals surface area contributed by atoms with Gasteiger partial charge >= 0.3 is 0 Å². The van der Waals surface area contributed by atoms with E-state index < -0.39 is 0 Å². The maximum Gasteiger partial charge on any atom is 0.221 e. The average Bonchev–Trinajstić information content (AvgIpc) is 2.73. The van der Waals surface area contributed by atoms with Crippen LogP contribution < -0.4 is 15.8 Å². The number of benzene rings is 1. The lowest BCUT2D eigenvalue weighted by Gasteiger charge is -2.29. The minimum Gasteiger partial charge on any atom is -0.494 e. The fourth-order valence-corrected chi connectivity index (χ4v) is 4.27. The molecule has 158 valence electrons. The molecular weight excluding hydrogens is 368 g/mol. The molecule has 0 saturated heterocycles. The van der Waals surface area contributed by atoms with Crippen LogP contribution in [0, 0.1) is 0 Å². The fourth-order valence-electron chi connectivity index (χ4n) is 3.01. The van der Waals surface area contributed by atoms with E-state index in [-0.39, 0.29) is 5.91 Å². The van der Waals surface area contributed by atoms with Crippen molar-refractivity contribution in [2.45, 2.75) is 67.7 Å². The number of aryl methyl sites for hydroxylation is 1. The van der Waals surface area contributed by atoms with Gasteiger partial charge in [0, 0.05) is 11.8 Å². The number of thioether (sulfide) groups is 1. The highest BCUT2D eigenvalue weighted by Gasteiger charge is 2.26. The molecule has 0 bridgehead atoms. The second-order valence-corrected chi connectivity index (χ2v) is 6.77. The molecule has 1 aliphatic heterocycles. The number of allylic oxidation sites excluding steroid dienone is 2. The Morgan fingerprint density at radius 2 is 1.82 bits per heavy atom.